The van der Waals surface area contributed by atoms with E-state index in [1.165, 1.54) is 0 Å². The second-order valence-electron chi connectivity index (χ2n) is 6.04. The summed E-state index contributed by atoms with van der Waals surface area (Å²) in [6.45, 7) is 8.06. The molecule has 0 amide bonds. The highest BCUT2D eigenvalue weighted by atomic mass is 28.3. The van der Waals surface area contributed by atoms with Gasteiger partial charge in [0, 0.05) is 14.7 Å². The monoisotopic (exact) mass is 292 g/mol. The molecule has 0 fully saturated rings. The molecular weight excluding hydrogens is 272 g/mol. The molecule has 0 saturated carbocycles. The maximum absolute atomic E-state index is 11.1. The van der Waals surface area contributed by atoms with Gasteiger partial charge in [-0.2, -0.15) is 0 Å². The number of carboxylic acid groups (broad SMARTS) is 1. The van der Waals surface area contributed by atoms with Crippen LogP contribution >= 0.6 is 0 Å². The Morgan fingerprint density at radius 2 is 2.15 bits per heavy atom. The van der Waals surface area contributed by atoms with E-state index in [1.54, 1.807) is 18.5 Å². The number of rotatable bonds is 6. The zero-order valence-electron chi connectivity index (χ0n) is 12.1. The molecule has 0 aliphatic carbocycles. The summed E-state index contributed by atoms with van der Waals surface area (Å²) in [5.74, 6) is -0.958. The van der Waals surface area contributed by atoms with Crippen LogP contribution in [0, 0.1) is 0 Å². The highest BCUT2D eigenvalue weighted by Crippen LogP contribution is 2.17. The smallest absolute Gasteiger partial charge is 0.337 e. The minimum atomic E-state index is -1.08. The zero-order chi connectivity index (χ0) is 14.8. The van der Waals surface area contributed by atoms with Crippen LogP contribution in [0.1, 0.15) is 10.4 Å². The van der Waals surface area contributed by atoms with Gasteiger partial charge in [0.25, 0.3) is 0 Å². The lowest BCUT2D eigenvalue weighted by Crippen LogP contribution is -2.21. The van der Waals surface area contributed by atoms with E-state index in [0.717, 1.165) is 18.2 Å². The number of carboxylic acids is 1. The number of imidazole rings is 1. The molecule has 1 N–H and O–H groups in total. The van der Waals surface area contributed by atoms with Gasteiger partial charge in [0.2, 0.25) is 0 Å². The lowest BCUT2D eigenvalue weighted by Gasteiger charge is -2.15. The number of hydrogen-bond donors (Lipinski definition) is 1. The number of ether oxygens (including phenoxy) is 1. The molecule has 2 aromatic rings. The summed E-state index contributed by atoms with van der Waals surface area (Å²) in [6.07, 6.45) is 1.63. The van der Waals surface area contributed by atoms with Crippen molar-refractivity contribution in [2.75, 3.05) is 6.61 Å². The summed E-state index contributed by atoms with van der Waals surface area (Å²) < 4.78 is 7.51. The van der Waals surface area contributed by atoms with Gasteiger partial charge < -0.3 is 14.4 Å². The van der Waals surface area contributed by atoms with E-state index < -0.39 is 14.0 Å². The number of fused-ring (bicyclic) bond motifs is 1. The minimum Gasteiger partial charge on any atom is -0.478 e. The molecule has 1 aromatic heterocycles. The summed E-state index contributed by atoms with van der Waals surface area (Å²) >= 11 is 0. The molecule has 0 atom stereocenters. The first-order valence-corrected chi connectivity index (χ1v) is 10.3. The van der Waals surface area contributed by atoms with Crippen LogP contribution in [0.25, 0.3) is 11.0 Å². The molecule has 0 spiro atoms. The number of para-hydroxylation sites is 1. The molecule has 0 saturated heterocycles. The molecule has 0 radical (unpaired) electrons. The van der Waals surface area contributed by atoms with Crippen molar-refractivity contribution in [2.45, 2.75) is 32.4 Å². The summed E-state index contributed by atoms with van der Waals surface area (Å²) in [7, 11) is -1.08. The lowest BCUT2D eigenvalue weighted by molar-refractivity contribution is 0.0698. The van der Waals surface area contributed by atoms with Crippen LogP contribution < -0.4 is 0 Å². The van der Waals surface area contributed by atoms with Gasteiger partial charge in [-0.05, 0) is 18.2 Å². The van der Waals surface area contributed by atoms with E-state index in [0.29, 0.717) is 12.2 Å². The van der Waals surface area contributed by atoms with Crippen LogP contribution in [0.5, 0.6) is 0 Å². The van der Waals surface area contributed by atoms with Gasteiger partial charge in [0.1, 0.15) is 12.2 Å². The fourth-order valence-electron chi connectivity index (χ4n) is 1.91. The van der Waals surface area contributed by atoms with Crippen molar-refractivity contribution in [3.63, 3.8) is 0 Å². The fourth-order valence-corrected chi connectivity index (χ4v) is 2.66. The molecule has 2 rings (SSSR count). The first-order chi connectivity index (χ1) is 9.38. The van der Waals surface area contributed by atoms with Crippen molar-refractivity contribution in [2.24, 2.45) is 0 Å². The number of hydrogen-bond acceptors (Lipinski definition) is 3. The van der Waals surface area contributed by atoms with Crippen molar-refractivity contribution < 1.29 is 14.6 Å². The number of aromatic nitrogens is 2. The first kappa shape index (κ1) is 14.7. The molecule has 20 heavy (non-hydrogen) atoms. The largest absolute Gasteiger partial charge is 0.478 e. The molecule has 0 unspecified atom stereocenters. The van der Waals surface area contributed by atoms with E-state index in [9.17, 15) is 4.79 Å². The normalized spacial score (nSPS) is 11.9. The Hall–Kier alpha value is -1.66. The van der Waals surface area contributed by atoms with Crippen molar-refractivity contribution >= 4 is 25.1 Å². The molecule has 108 valence electrons. The van der Waals surface area contributed by atoms with Crippen molar-refractivity contribution in [3.8, 4) is 0 Å². The van der Waals surface area contributed by atoms with Crippen LogP contribution in [0.4, 0.5) is 0 Å². The summed E-state index contributed by atoms with van der Waals surface area (Å²) in [6, 6.07) is 6.26. The molecule has 0 aliphatic rings. The van der Waals surface area contributed by atoms with Crippen LogP contribution in [0.15, 0.2) is 24.5 Å². The average molecular weight is 292 g/mol. The highest BCUT2D eigenvalue weighted by molar-refractivity contribution is 6.76. The van der Waals surface area contributed by atoms with Crippen molar-refractivity contribution in [1.82, 2.24) is 9.55 Å². The van der Waals surface area contributed by atoms with E-state index in [4.69, 9.17) is 9.84 Å². The van der Waals surface area contributed by atoms with E-state index in [1.807, 2.05) is 10.6 Å². The zero-order valence-corrected chi connectivity index (χ0v) is 13.1. The van der Waals surface area contributed by atoms with E-state index in [-0.39, 0.29) is 5.56 Å². The van der Waals surface area contributed by atoms with Crippen LogP contribution in [0.3, 0.4) is 0 Å². The second-order valence-corrected chi connectivity index (χ2v) is 11.7. The third-order valence-electron chi connectivity index (χ3n) is 3.11. The molecule has 0 bridgehead atoms. The Balaban J connectivity index is 2.08. The minimum absolute atomic E-state index is 0.225. The Labute approximate surface area is 119 Å². The number of carbonyl (C=O) groups is 1. The van der Waals surface area contributed by atoms with Gasteiger partial charge in [0.05, 0.1) is 17.4 Å². The van der Waals surface area contributed by atoms with Gasteiger partial charge in [0.15, 0.2) is 0 Å². The van der Waals surface area contributed by atoms with Crippen LogP contribution in [0.2, 0.25) is 25.7 Å². The molecule has 5 nitrogen and oxygen atoms in total. The third kappa shape index (κ3) is 3.46. The predicted octanol–water partition coefficient (Wildman–Crippen LogP) is 3.05. The highest BCUT2D eigenvalue weighted by Gasteiger charge is 2.14. The third-order valence-corrected chi connectivity index (χ3v) is 4.81. The SMILES string of the molecule is C[Si](C)(C)CCOCn1cnc2c(C(=O)O)cccc21. The van der Waals surface area contributed by atoms with Crippen LogP contribution in [-0.4, -0.2) is 35.3 Å². The summed E-state index contributed by atoms with van der Waals surface area (Å²) in [5.41, 5.74) is 1.52. The maximum Gasteiger partial charge on any atom is 0.337 e. The van der Waals surface area contributed by atoms with Gasteiger partial charge in [-0.3, -0.25) is 0 Å². The predicted molar refractivity (Wildman–Crippen MR) is 80.8 cm³/mol. The number of aromatic carboxylic acids is 1. The second kappa shape index (κ2) is 5.76. The van der Waals surface area contributed by atoms with Crippen molar-refractivity contribution in [1.29, 1.82) is 0 Å². The lowest BCUT2D eigenvalue weighted by atomic mass is 10.2. The molecule has 6 heteroatoms. The topological polar surface area (TPSA) is 64.4 Å². The quantitative estimate of drug-likeness (QED) is 0.656. The molecule has 0 aliphatic heterocycles. The summed E-state index contributed by atoms with van der Waals surface area (Å²) in [5, 5.41) is 9.12. The molecule has 1 heterocycles. The maximum atomic E-state index is 11.1. The summed E-state index contributed by atoms with van der Waals surface area (Å²) in [4.78, 5) is 15.3. The Bertz CT molecular complexity index is 616. The Morgan fingerprint density at radius 3 is 2.80 bits per heavy atom. The Morgan fingerprint density at radius 1 is 1.40 bits per heavy atom. The number of benzene rings is 1. The van der Waals surface area contributed by atoms with Gasteiger partial charge >= 0.3 is 5.97 Å². The van der Waals surface area contributed by atoms with E-state index in [2.05, 4.69) is 24.6 Å². The van der Waals surface area contributed by atoms with Crippen molar-refractivity contribution in [3.05, 3.63) is 30.1 Å². The van der Waals surface area contributed by atoms with Gasteiger partial charge in [-0.15, -0.1) is 0 Å². The molecule has 1 aromatic carbocycles. The average Bonchev–Trinajstić information content (AvgIpc) is 2.76. The number of nitrogens with zero attached hydrogens (tertiary/aromatic N) is 2. The first-order valence-electron chi connectivity index (χ1n) is 6.63. The Kier molecular flexibility index (Phi) is 4.25. The van der Waals surface area contributed by atoms with Crippen LogP contribution in [-0.2, 0) is 11.5 Å². The fraction of sp³-hybridized carbons (Fsp3) is 0.429. The van der Waals surface area contributed by atoms with Gasteiger partial charge in [-0.1, -0.05) is 25.7 Å². The van der Waals surface area contributed by atoms with E-state index >= 15 is 0 Å². The molecular formula is C14H20N2O3Si. The van der Waals surface area contributed by atoms with Gasteiger partial charge in [-0.25, -0.2) is 9.78 Å². The standard InChI is InChI=1S/C14H20N2O3Si/c1-20(2,3)8-7-19-10-16-9-15-13-11(14(17)18)5-4-6-12(13)16/h4-6,9H,7-8,10H2,1-3H3,(H,17,18).